The fourth-order valence-electron chi connectivity index (χ4n) is 3.05. The Balaban J connectivity index is 2.13. The average molecular weight is 234 g/mol. The van der Waals surface area contributed by atoms with E-state index in [1.807, 2.05) is 6.07 Å². The summed E-state index contributed by atoms with van der Waals surface area (Å²) in [6, 6.07) is 4.94. The van der Waals surface area contributed by atoms with Crippen molar-refractivity contribution in [1.82, 2.24) is 10.2 Å². The number of halogens is 1. The van der Waals surface area contributed by atoms with Crippen LogP contribution >= 0.6 is 0 Å². The van der Waals surface area contributed by atoms with Crippen LogP contribution in [-0.2, 0) is 0 Å². The lowest BCUT2D eigenvalue weighted by Crippen LogP contribution is -2.29. The third-order valence-corrected chi connectivity index (χ3v) is 3.82. The van der Waals surface area contributed by atoms with Gasteiger partial charge < -0.3 is 10.2 Å². The molecule has 4 heteroatoms. The predicted octanol–water partition coefficient (Wildman–Crippen LogP) is 1.21. The van der Waals surface area contributed by atoms with Crippen molar-refractivity contribution in [3.8, 4) is 0 Å². The maximum atomic E-state index is 13.8. The molecule has 2 aliphatic rings. The molecule has 2 atom stereocenters. The summed E-state index contributed by atoms with van der Waals surface area (Å²) >= 11 is 0. The molecular formula is C13H15FN2O. The number of benzene rings is 1. The second-order valence-corrected chi connectivity index (χ2v) is 5.00. The van der Waals surface area contributed by atoms with Gasteiger partial charge in [0, 0.05) is 25.6 Å². The number of carbonyl (C=O) groups excluding carboxylic acids is 1. The van der Waals surface area contributed by atoms with Crippen LogP contribution in [0, 0.1) is 11.7 Å². The van der Waals surface area contributed by atoms with Crippen molar-refractivity contribution in [3.63, 3.8) is 0 Å². The van der Waals surface area contributed by atoms with Gasteiger partial charge in [0.15, 0.2) is 0 Å². The fourth-order valence-corrected chi connectivity index (χ4v) is 3.05. The number of amides is 1. The first-order valence-corrected chi connectivity index (χ1v) is 5.92. The number of likely N-dealkylation sites (N-methyl/N-ethyl adjacent to an activating group) is 1. The molecule has 0 aliphatic carbocycles. The highest BCUT2D eigenvalue weighted by Crippen LogP contribution is 2.36. The Morgan fingerprint density at radius 3 is 3.06 bits per heavy atom. The van der Waals surface area contributed by atoms with Crippen molar-refractivity contribution in [3.05, 3.63) is 35.1 Å². The van der Waals surface area contributed by atoms with E-state index in [1.165, 1.54) is 6.07 Å². The molecule has 1 aromatic carbocycles. The minimum absolute atomic E-state index is 0.246. The summed E-state index contributed by atoms with van der Waals surface area (Å²) < 4.78 is 13.8. The molecule has 1 saturated heterocycles. The van der Waals surface area contributed by atoms with Gasteiger partial charge in [-0.2, -0.15) is 0 Å². The number of hydrogen-bond donors (Lipinski definition) is 1. The van der Waals surface area contributed by atoms with Crippen LogP contribution in [0.2, 0.25) is 0 Å². The van der Waals surface area contributed by atoms with Gasteiger partial charge in [0.05, 0.1) is 5.56 Å². The maximum absolute atomic E-state index is 13.8. The molecular weight excluding hydrogens is 219 g/mol. The Bertz CT molecular complexity index is 474. The molecule has 17 heavy (non-hydrogen) atoms. The first kappa shape index (κ1) is 10.7. The molecule has 1 N–H and O–H groups in total. The molecule has 0 bridgehead atoms. The van der Waals surface area contributed by atoms with E-state index in [1.54, 1.807) is 6.07 Å². The van der Waals surface area contributed by atoms with Gasteiger partial charge >= 0.3 is 0 Å². The molecule has 2 heterocycles. The predicted molar refractivity (Wildman–Crippen MR) is 62.5 cm³/mol. The van der Waals surface area contributed by atoms with E-state index in [0.717, 1.165) is 18.7 Å². The number of fused-ring (bicyclic) bond motifs is 3. The third-order valence-electron chi connectivity index (χ3n) is 3.82. The SMILES string of the molecule is CN1CC2c3cccc(F)c3C(=O)NC[C@H]2C1. The number of carbonyl (C=O) groups is 1. The molecule has 0 spiro atoms. The molecule has 0 radical (unpaired) electrons. The maximum Gasteiger partial charge on any atom is 0.254 e. The standard InChI is InChI=1S/C13H15FN2O/c1-16-6-8-5-15-13(17)12-9(10(8)7-16)3-2-4-11(12)14/h2-4,8,10H,5-7H2,1H3,(H,15,17)/t8-,10?/m0/s1. The van der Waals surface area contributed by atoms with Crippen molar-refractivity contribution >= 4 is 5.91 Å². The number of nitrogens with one attached hydrogen (secondary N) is 1. The largest absolute Gasteiger partial charge is 0.352 e. The van der Waals surface area contributed by atoms with Gasteiger partial charge in [-0.05, 0) is 24.6 Å². The van der Waals surface area contributed by atoms with Crippen LogP contribution in [0.15, 0.2) is 18.2 Å². The lowest BCUT2D eigenvalue weighted by atomic mass is 9.87. The molecule has 1 unspecified atom stereocenters. The van der Waals surface area contributed by atoms with Crippen LogP contribution in [0.4, 0.5) is 4.39 Å². The average Bonchev–Trinajstić information content (AvgIpc) is 2.61. The van der Waals surface area contributed by atoms with Crippen molar-refractivity contribution in [2.75, 3.05) is 26.7 Å². The summed E-state index contributed by atoms with van der Waals surface area (Å²) in [5.41, 5.74) is 1.12. The van der Waals surface area contributed by atoms with Gasteiger partial charge in [-0.25, -0.2) is 4.39 Å². The Kier molecular flexibility index (Phi) is 2.40. The van der Waals surface area contributed by atoms with E-state index in [0.29, 0.717) is 12.5 Å². The number of hydrogen-bond acceptors (Lipinski definition) is 2. The fraction of sp³-hybridized carbons (Fsp3) is 0.462. The van der Waals surface area contributed by atoms with Crippen molar-refractivity contribution in [1.29, 1.82) is 0 Å². The van der Waals surface area contributed by atoms with Gasteiger partial charge in [-0.3, -0.25) is 4.79 Å². The molecule has 1 amide bonds. The summed E-state index contributed by atoms with van der Waals surface area (Å²) in [5, 5.41) is 2.83. The Morgan fingerprint density at radius 1 is 1.41 bits per heavy atom. The molecule has 3 nitrogen and oxygen atoms in total. The Labute approximate surface area is 99.6 Å². The van der Waals surface area contributed by atoms with E-state index < -0.39 is 5.82 Å². The monoisotopic (exact) mass is 234 g/mol. The summed E-state index contributed by atoms with van der Waals surface area (Å²) in [4.78, 5) is 14.1. The minimum Gasteiger partial charge on any atom is -0.352 e. The number of rotatable bonds is 0. The zero-order valence-corrected chi connectivity index (χ0v) is 9.74. The molecule has 0 aromatic heterocycles. The highest BCUT2D eigenvalue weighted by Gasteiger charge is 2.37. The highest BCUT2D eigenvalue weighted by molar-refractivity contribution is 5.96. The van der Waals surface area contributed by atoms with Crippen LogP contribution in [-0.4, -0.2) is 37.5 Å². The zero-order chi connectivity index (χ0) is 12.0. The van der Waals surface area contributed by atoms with E-state index in [4.69, 9.17) is 0 Å². The first-order valence-electron chi connectivity index (χ1n) is 5.92. The molecule has 2 aliphatic heterocycles. The molecule has 0 saturated carbocycles. The van der Waals surface area contributed by atoms with E-state index >= 15 is 0 Å². The minimum atomic E-state index is -0.407. The lowest BCUT2D eigenvalue weighted by Gasteiger charge is -2.16. The second kappa shape index (κ2) is 3.81. The topological polar surface area (TPSA) is 32.3 Å². The summed E-state index contributed by atoms with van der Waals surface area (Å²) in [6.07, 6.45) is 0. The lowest BCUT2D eigenvalue weighted by molar-refractivity contribution is 0.0947. The molecule has 3 rings (SSSR count). The zero-order valence-electron chi connectivity index (χ0n) is 9.74. The molecule has 1 aromatic rings. The van der Waals surface area contributed by atoms with Gasteiger partial charge in [-0.15, -0.1) is 0 Å². The second-order valence-electron chi connectivity index (χ2n) is 5.00. The first-order chi connectivity index (χ1) is 8.16. The van der Waals surface area contributed by atoms with Crippen molar-refractivity contribution < 1.29 is 9.18 Å². The van der Waals surface area contributed by atoms with Crippen molar-refractivity contribution in [2.24, 2.45) is 5.92 Å². The van der Waals surface area contributed by atoms with Crippen LogP contribution in [0.1, 0.15) is 21.8 Å². The van der Waals surface area contributed by atoms with Crippen LogP contribution in [0.5, 0.6) is 0 Å². The van der Waals surface area contributed by atoms with Crippen molar-refractivity contribution in [2.45, 2.75) is 5.92 Å². The number of nitrogens with zero attached hydrogens (tertiary/aromatic N) is 1. The number of likely N-dealkylation sites (tertiary alicyclic amines) is 1. The van der Waals surface area contributed by atoms with E-state index in [9.17, 15) is 9.18 Å². The van der Waals surface area contributed by atoms with Crippen LogP contribution in [0.3, 0.4) is 0 Å². The Hall–Kier alpha value is -1.42. The van der Waals surface area contributed by atoms with Crippen LogP contribution < -0.4 is 5.32 Å². The van der Waals surface area contributed by atoms with E-state index in [2.05, 4.69) is 17.3 Å². The van der Waals surface area contributed by atoms with Gasteiger partial charge in [0.25, 0.3) is 5.91 Å². The molecule has 90 valence electrons. The highest BCUT2D eigenvalue weighted by atomic mass is 19.1. The van der Waals surface area contributed by atoms with Gasteiger partial charge in [-0.1, -0.05) is 12.1 Å². The Morgan fingerprint density at radius 2 is 2.24 bits per heavy atom. The normalized spacial score (nSPS) is 28.2. The summed E-state index contributed by atoms with van der Waals surface area (Å²) in [5.74, 6) is -0.0120. The quantitative estimate of drug-likeness (QED) is 0.732. The summed E-state index contributed by atoms with van der Waals surface area (Å²) in [6.45, 7) is 2.50. The van der Waals surface area contributed by atoms with Gasteiger partial charge in [0.1, 0.15) is 5.82 Å². The smallest absolute Gasteiger partial charge is 0.254 e. The summed E-state index contributed by atoms with van der Waals surface area (Å²) in [7, 11) is 2.06. The van der Waals surface area contributed by atoms with Crippen LogP contribution in [0.25, 0.3) is 0 Å². The third kappa shape index (κ3) is 1.63. The van der Waals surface area contributed by atoms with E-state index in [-0.39, 0.29) is 17.4 Å². The van der Waals surface area contributed by atoms with Gasteiger partial charge in [0.2, 0.25) is 0 Å². The molecule has 1 fully saturated rings.